The molecule has 0 saturated carbocycles. The minimum Gasteiger partial charge on any atom is -0.358 e. The number of carbonyl (C=O) groups excluding carboxylic acids is 2. The SMILES string of the molecule is CN(Cc1ccccc1)C(=O)CN1C(=O)C2CCCCN2c2ccc(S(=O)(=O)N(C)C)cc21. The van der Waals surface area contributed by atoms with Crippen LogP contribution in [0.4, 0.5) is 11.4 Å². The van der Waals surface area contributed by atoms with Crippen LogP contribution in [-0.4, -0.2) is 69.7 Å². The number of sulfonamides is 1. The van der Waals surface area contributed by atoms with Crippen LogP contribution in [0.5, 0.6) is 0 Å². The number of amides is 2. The summed E-state index contributed by atoms with van der Waals surface area (Å²) in [6.45, 7) is 1.03. The molecule has 0 N–H and O–H groups in total. The highest BCUT2D eigenvalue weighted by Crippen LogP contribution is 2.40. The zero-order valence-electron chi connectivity index (χ0n) is 19.3. The van der Waals surface area contributed by atoms with Crippen molar-refractivity contribution < 1.29 is 18.0 Å². The summed E-state index contributed by atoms with van der Waals surface area (Å²) in [4.78, 5) is 31.8. The molecule has 33 heavy (non-hydrogen) atoms. The molecule has 8 nitrogen and oxygen atoms in total. The third-order valence-corrected chi connectivity index (χ3v) is 8.17. The van der Waals surface area contributed by atoms with E-state index >= 15 is 0 Å². The molecule has 1 fully saturated rings. The minimum absolute atomic E-state index is 0.101. The van der Waals surface area contributed by atoms with Crippen LogP contribution in [0.15, 0.2) is 53.4 Å². The summed E-state index contributed by atoms with van der Waals surface area (Å²) in [6, 6.07) is 14.2. The van der Waals surface area contributed by atoms with Gasteiger partial charge in [0, 0.05) is 34.2 Å². The Balaban J connectivity index is 1.68. The van der Waals surface area contributed by atoms with E-state index in [1.54, 1.807) is 24.1 Å². The Morgan fingerprint density at radius 2 is 1.76 bits per heavy atom. The van der Waals surface area contributed by atoms with E-state index in [9.17, 15) is 18.0 Å². The van der Waals surface area contributed by atoms with Crippen LogP contribution >= 0.6 is 0 Å². The first kappa shape index (κ1) is 23.3. The highest BCUT2D eigenvalue weighted by molar-refractivity contribution is 7.89. The Morgan fingerprint density at radius 1 is 1.03 bits per heavy atom. The predicted octanol–water partition coefficient (Wildman–Crippen LogP) is 2.30. The van der Waals surface area contributed by atoms with Gasteiger partial charge in [0.2, 0.25) is 21.8 Å². The molecule has 1 atom stereocenters. The summed E-state index contributed by atoms with van der Waals surface area (Å²) in [6.07, 6.45) is 2.64. The summed E-state index contributed by atoms with van der Waals surface area (Å²) in [5, 5.41) is 0. The van der Waals surface area contributed by atoms with Crippen LogP contribution in [0.1, 0.15) is 24.8 Å². The Labute approximate surface area is 195 Å². The molecule has 4 rings (SSSR count). The van der Waals surface area contributed by atoms with Crippen molar-refractivity contribution in [3.8, 4) is 0 Å². The second-order valence-corrected chi connectivity index (χ2v) is 11.0. The second kappa shape index (κ2) is 9.15. The molecule has 0 spiro atoms. The summed E-state index contributed by atoms with van der Waals surface area (Å²) >= 11 is 0. The van der Waals surface area contributed by atoms with Crippen molar-refractivity contribution in [2.24, 2.45) is 0 Å². The topological polar surface area (TPSA) is 81.2 Å². The molecule has 2 heterocycles. The van der Waals surface area contributed by atoms with E-state index in [0.29, 0.717) is 12.2 Å². The van der Waals surface area contributed by atoms with Gasteiger partial charge in [-0.2, -0.15) is 0 Å². The molecule has 1 saturated heterocycles. The lowest BCUT2D eigenvalue weighted by atomic mass is 9.96. The molecular weight excluding hydrogens is 440 g/mol. The van der Waals surface area contributed by atoms with Gasteiger partial charge in [-0.3, -0.25) is 14.5 Å². The Bertz CT molecular complexity index is 1150. The summed E-state index contributed by atoms with van der Waals surface area (Å²) in [7, 11) is 0.974. The van der Waals surface area contributed by atoms with E-state index in [1.165, 1.54) is 25.1 Å². The molecule has 1 unspecified atom stereocenters. The fourth-order valence-electron chi connectivity index (χ4n) is 4.47. The molecule has 0 aliphatic carbocycles. The number of hydrogen-bond acceptors (Lipinski definition) is 5. The standard InChI is InChI=1S/C24H30N4O4S/c1-25(2)33(31,32)19-12-13-20-22(15-19)28(24(30)21-11-7-8-14-27(20)21)17-23(29)26(3)16-18-9-5-4-6-10-18/h4-6,9-10,12-13,15,21H,7-8,11,14,16-17H2,1-3H3. The molecule has 2 amide bonds. The number of likely N-dealkylation sites (N-methyl/N-ethyl adjacent to an activating group) is 1. The summed E-state index contributed by atoms with van der Waals surface area (Å²) in [5.74, 6) is -0.355. The molecule has 2 aliphatic heterocycles. The first-order valence-corrected chi connectivity index (χ1v) is 12.6. The fourth-order valence-corrected chi connectivity index (χ4v) is 5.40. The molecule has 2 aromatic carbocycles. The van der Waals surface area contributed by atoms with Crippen LogP contribution in [0.3, 0.4) is 0 Å². The number of benzene rings is 2. The van der Waals surface area contributed by atoms with Gasteiger partial charge in [0.25, 0.3) is 0 Å². The Hall–Kier alpha value is -2.91. The largest absolute Gasteiger partial charge is 0.358 e. The van der Waals surface area contributed by atoms with Gasteiger partial charge in [0.05, 0.1) is 16.3 Å². The van der Waals surface area contributed by atoms with E-state index in [0.717, 1.165) is 41.4 Å². The molecule has 176 valence electrons. The van der Waals surface area contributed by atoms with E-state index < -0.39 is 10.0 Å². The van der Waals surface area contributed by atoms with Crippen molar-refractivity contribution >= 4 is 33.2 Å². The molecule has 9 heteroatoms. The molecule has 0 radical (unpaired) electrons. The predicted molar refractivity (Wildman–Crippen MR) is 128 cm³/mol. The molecule has 0 bridgehead atoms. The average Bonchev–Trinajstić information content (AvgIpc) is 2.81. The van der Waals surface area contributed by atoms with Gasteiger partial charge in [-0.15, -0.1) is 0 Å². The Morgan fingerprint density at radius 3 is 2.45 bits per heavy atom. The highest BCUT2D eigenvalue weighted by Gasteiger charge is 2.41. The zero-order chi connectivity index (χ0) is 23.8. The zero-order valence-corrected chi connectivity index (χ0v) is 20.1. The molecule has 0 aromatic heterocycles. The van der Waals surface area contributed by atoms with Crippen LogP contribution in [0.2, 0.25) is 0 Å². The fraction of sp³-hybridized carbons (Fsp3) is 0.417. The van der Waals surface area contributed by atoms with Gasteiger partial charge >= 0.3 is 0 Å². The molecular formula is C24H30N4O4S. The van der Waals surface area contributed by atoms with Gasteiger partial charge in [0.1, 0.15) is 12.6 Å². The maximum atomic E-state index is 13.5. The van der Waals surface area contributed by atoms with Gasteiger partial charge in [0.15, 0.2) is 0 Å². The smallest absolute Gasteiger partial charge is 0.250 e. The third-order valence-electron chi connectivity index (χ3n) is 6.36. The van der Waals surface area contributed by atoms with Crippen LogP contribution in [-0.2, 0) is 26.2 Å². The number of carbonyl (C=O) groups is 2. The number of fused-ring (bicyclic) bond motifs is 3. The van der Waals surface area contributed by atoms with E-state index in [2.05, 4.69) is 4.90 Å². The van der Waals surface area contributed by atoms with Crippen LogP contribution < -0.4 is 9.80 Å². The van der Waals surface area contributed by atoms with Crippen LogP contribution in [0, 0.1) is 0 Å². The maximum Gasteiger partial charge on any atom is 0.250 e. The van der Waals surface area contributed by atoms with Gasteiger partial charge in [-0.05, 0) is 43.0 Å². The quantitative estimate of drug-likeness (QED) is 0.647. The number of nitrogens with zero attached hydrogens (tertiary/aromatic N) is 4. The molecule has 2 aromatic rings. The van der Waals surface area contributed by atoms with Gasteiger partial charge < -0.3 is 9.80 Å². The highest BCUT2D eigenvalue weighted by atomic mass is 32.2. The van der Waals surface area contributed by atoms with Gasteiger partial charge in [-0.25, -0.2) is 12.7 Å². The summed E-state index contributed by atoms with van der Waals surface area (Å²) in [5.41, 5.74) is 2.27. The van der Waals surface area contributed by atoms with Crippen LogP contribution in [0.25, 0.3) is 0 Å². The molecule has 2 aliphatic rings. The average molecular weight is 471 g/mol. The summed E-state index contributed by atoms with van der Waals surface area (Å²) < 4.78 is 26.7. The monoisotopic (exact) mass is 470 g/mol. The van der Waals surface area contributed by atoms with Crippen molar-refractivity contribution in [3.05, 3.63) is 54.1 Å². The lowest BCUT2D eigenvalue weighted by molar-refractivity contribution is -0.131. The van der Waals surface area contributed by atoms with Crippen molar-refractivity contribution in [2.45, 2.75) is 36.7 Å². The van der Waals surface area contributed by atoms with E-state index in [-0.39, 0.29) is 29.3 Å². The number of anilines is 2. The number of hydrogen-bond donors (Lipinski definition) is 0. The second-order valence-electron chi connectivity index (χ2n) is 8.80. The Kier molecular flexibility index (Phi) is 6.45. The lowest BCUT2D eigenvalue weighted by Gasteiger charge is -2.45. The first-order valence-electron chi connectivity index (χ1n) is 11.1. The lowest BCUT2D eigenvalue weighted by Crippen LogP contribution is -2.57. The van der Waals surface area contributed by atoms with E-state index in [1.807, 2.05) is 30.3 Å². The first-order chi connectivity index (χ1) is 15.7. The van der Waals surface area contributed by atoms with Crippen molar-refractivity contribution in [1.29, 1.82) is 0 Å². The maximum absolute atomic E-state index is 13.5. The van der Waals surface area contributed by atoms with Gasteiger partial charge in [-0.1, -0.05) is 30.3 Å². The van der Waals surface area contributed by atoms with Crippen molar-refractivity contribution in [1.82, 2.24) is 9.21 Å². The van der Waals surface area contributed by atoms with Crippen molar-refractivity contribution in [2.75, 3.05) is 44.0 Å². The minimum atomic E-state index is -3.68. The normalized spacial score (nSPS) is 18.2. The van der Waals surface area contributed by atoms with E-state index in [4.69, 9.17) is 0 Å². The number of rotatable bonds is 6. The van der Waals surface area contributed by atoms with Crippen molar-refractivity contribution in [3.63, 3.8) is 0 Å². The third kappa shape index (κ3) is 4.47. The number of piperidine rings is 1.